The first-order valence-electron chi connectivity index (χ1n) is 32.9. The third kappa shape index (κ3) is 23.4. The molecule has 6 rings (SSSR count). The van der Waals surface area contributed by atoms with Crippen molar-refractivity contribution in [2.75, 3.05) is 64.8 Å². The number of amides is 8. The van der Waals surface area contributed by atoms with Gasteiger partial charge < -0.3 is 141 Å². The Balaban J connectivity index is 1.20. The quantitative estimate of drug-likeness (QED) is 0.0183. The highest BCUT2D eigenvalue weighted by atomic mass is 32.1. The van der Waals surface area contributed by atoms with Crippen LogP contribution in [-0.4, -0.2) is 275 Å². The molecule has 0 bridgehead atoms. The fourth-order valence-electron chi connectivity index (χ4n) is 10.5. The normalized spacial score (nSPS) is 23.2. The van der Waals surface area contributed by atoms with Crippen molar-refractivity contribution in [2.24, 2.45) is 28.9 Å². The Bertz CT molecular complexity index is 3380. The van der Waals surface area contributed by atoms with Gasteiger partial charge in [0, 0.05) is 48.8 Å². The van der Waals surface area contributed by atoms with Crippen molar-refractivity contribution in [2.45, 2.75) is 183 Å². The largest absolute Gasteiger partial charge is 0.441 e. The number of carbonyl (C=O) groups is 8. The number of imidazole rings is 1. The number of H-pyrrole nitrogens is 1. The van der Waals surface area contributed by atoms with Gasteiger partial charge in [0.1, 0.15) is 94.6 Å². The lowest BCUT2D eigenvalue weighted by molar-refractivity contribution is -0.372. The molecule has 6 heterocycles. The number of thiazole rings is 2. The summed E-state index contributed by atoms with van der Waals surface area (Å²) in [6, 6.07) is -7.86. The predicted octanol–water partition coefficient (Wildman–Crippen LogP) is -7.21. The average Bonchev–Trinajstić information content (AvgIpc) is 0.813. The number of nitrogen functional groups attached to an aromatic ring is 1. The topological polar surface area (TPSA) is 651 Å². The van der Waals surface area contributed by atoms with Crippen LogP contribution in [-0.2, 0) is 54.1 Å². The Labute approximate surface area is 593 Å². The molecule has 2 aliphatic heterocycles. The van der Waals surface area contributed by atoms with Crippen molar-refractivity contribution in [3.8, 4) is 10.7 Å². The average molecular weight is 1480 g/mol. The number of nitrogens with one attached hydrogen (secondary N) is 9. The first-order chi connectivity index (χ1) is 48.5. The Morgan fingerprint density at radius 3 is 2.02 bits per heavy atom. The molecule has 568 valence electrons. The standard InChI is InChI=1S/C60H95N19O21S2/c1-6-7-11-66-12-8-13-67-14-9-15-69-53(91)32-22-102-57(75-32)33-23-101-37(74-33)10-16-70-54(92)39(28(5)82)77-52(90)26(3)41(84)27(4)73-56(94)40(78-55(93)38-25(2)49(63)79-51(76-38)30(17-36(62)83)71-18-29(61)50(64)89)46(31-19-68-24-72-31)98-59-48(44(87)42(85)34(20-80)97-59)99-58-45(88)47(100-60(65)95)43(86)35(21-81)96-58/h19,22-24,26-30,34-35,39-48,58-59,66-67,71,80-82,84-88H,6-18,20-21,61H2,1-5H3,(H2,62,83)(H2,64,89)(H2,65,95)(H,68,72)(H,69,91)(H,70,92)(H,73,94)(H,77,90)(H,78,93)(H2,63,76,79). The van der Waals surface area contributed by atoms with E-state index >= 15 is 4.79 Å². The Hall–Kier alpha value is -7.73. The van der Waals surface area contributed by atoms with Crippen LogP contribution in [0.15, 0.2) is 23.3 Å². The second-order valence-corrected chi connectivity index (χ2v) is 26.1. The molecule has 0 saturated carbocycles. The number of nitrogens with zero attached hydrogens (tertiary/aromatic N) is 5. The summed E-state index contributed by atoms with van der Waals surface area (Å²) >= 11 is 2.52. The maximum Gasteiger partial charge on any atom is 0.404 e. The SMILES string of the molecule is CCCCNCCCNCCCNC(=O)c1csc(-c2csc(CCNC(=O)C(NC(=O)C(C)C(O)C(C)NC(=O)C(NC(=O)c3nc(C(CC(N)=O)NCC(N)C(N)=O)nc(N)c3C)C(OC3OC(CO)C(O)C(O)C3OC3OC(CO)C(O)C(OC(N)=O)C3O)c3cnc[nH]3)C(C)O)n2)n1. The van der Waals surface area contributed by atoms with Gasteiger partial charge in [0.25, 0.3) is 11.8 Å². The smallest absolute Gasteiger partial charge is 0.404 e. The fourth-order valence-corrected chi connectivity index (χ4v) is 12.2. The van der Waals surface area contributed by atoms with Gasteiger partial charge in [-0.25, -0.2) is 29.7 Å². The number of hydrogen-bond acceptors (Lipinski definition) is 33. The van der Waals surface area contributed by atoms with Crippen LogP contribution in [0.5, 0.6) is 0 Å². The van der Waals surface area contributed by atoms with Gasteiger partial charge in [-0.3, -0.25) is 33.6 Å². The molecular formula is C60H95N19O21S2. The first-order valence-corrected chi connectivity index (χ1v) is 34.6. The van der Waals surface area contributed by atoms with E-state index in [0.717, 1.165) is 64.4 Å². The third-order valence-electron chi connectivity index (χ3n) is 16.5. The number of hydrogen-bond donors (Lipinski definition) is 22. The minimum Gasteiger partial charge on any atom is -0.441 e. The number of ether oxygens (including phenoxy) is 5. The van der Waals surface area contributed by atoms with Crippen LogP contribution >= 0.6 is 22.7 Å². The zero-order chi connectivity index (χ0) is 75.1. The van der Waals surface area contributed by atoms with Crippen LogP contribution in [0.3, 0.4) is 0 Å². The molecule has 0 aliphatic carbocycles. The van der Waals surface area contributed by atoms with Gasteiger partial charge in [-0.2, -0.15) is 0 Å². The van der Waals surface area contributed by atoms with E-state index in [1.165, 1.54) is 50.4 Å². The summed E-state index contributed by atoms with van der Waals surface area (Å²) in [6.07, 6.45) is -21.1. The number of carbonyl (C=O) groups excluding carboxylic acids is 8. The van der Waals surface area contributed by atoms with Crippen LogP contribution in [0.1, 0.15) is 115 Å². The second-order valence-electron chi connectivity index (χ2n) is 24.3. The summed E-state index contributed by atoms with van der Waals surface area (Å²) in [6.45, 7) is 8.84. The number of primary amides is 3. The first kappa shape index (κ1) is 83.2. The lowest BCUT2D eigenvalue weighted by Crippen LogP contribution is -2.65. The van der Waals surface area contributed by atoms with Gasteiger partial charge in [0.15, 0.2) is 18.7 Å². The Morgan fingerprint density at radius 1 is 0.725 bits per heavy atom. The highest BCUT2D eigenvalue weighted by Gasteiger charge is 2.54. The van der Waals surface area contributed by atoms with Crippen LogP contribution in [0.2, 0.25) is 0 Å². The molecular weight excluding hydrogens is 1390 g/mol. The van der Waals surface area contributed by atoms with Gasteiger partial charge in [0.2, 0.25) is 29.5 Å². The van der Waals surface area contributed by atoms with E-state index in [4.69, 9.17) is 52.4 Å². The summed E-state index contributed by atoms with van der Waals surface area (Å²) in [5, 5.41) is 115. The summed E-state index contributed by atoms with van der Waals surface area (Å²) in [7, 11) is 0. The molecule has 2 aliphatic rings. The van der Waals surface area contributed by atoms with E-state index in [0.29, 0.717) is 22.3 Å². The molecule has 4 aromatic heterocycles. The van der Waals surface area contributed by atoms with Crippen LogP contribution in [0.4, 0.5) is 10.6 Å². The Kier molecular flexibility index (Phi) is 32.9. The number of rotatable bonds is 42. The molecule has 0 aromatic carbocycles. The summed E-state index contributed by atoms with van der Waals surface area (Å²) in [5.74, 6) is -8.71. The van der Waals surface area contributed by atoms with Crippen molar-refractivity contribution < 1.29 is 103 Å². The summed E-state index contributed by atoms with van der Waals surface area (Å²) in [5.41, 5.74) is 28.1. The van der Waals surface area contributed by atoms with E-state index < -0.39 is 183 Å². The number of aromatic amines is 1. The van der Waals surface area contributed by atoms with Crippen molar-refractivity contribution in [1.82, 2.24) is 72.4 Å². The number of anilines is 1. The van der Waals surface area contributed by atoms with Gasteiger partial charge in [-0.05, 0) is 66.2 Å². The molecule has 8 amide bonds. The number of unbranched alkanes of at least 4 members (excludes halogenated alkanes) is 1. The number of aliphatic hydroxyl groups is 8. The lowest BCUT2D eigenvalue weighted by atomic mass is 9.96. The van der Waals surface area contributed by atoms with Gasteiger partial charge >= 0.3 is 6.09 Å². The number of aliphatic hydroxyl groups excluding tert-OH is 8. The van der Waals surface area contributed by atoms with Gasteiger partial charge in [0.05, 0.1) is 72.7 Å². The van der Waals surface area contributed by atoms with E-state index in [2.05, 4.69) is 79.4 Å². The van der Waals surface area contributed by atoms with E-state index in [-0.39, 0.29) is 54.0 Å². The second kappa shape index (κ2) is 40.4. The molecule has 40 nitrogen and oxygen atoms in total. The minimum atomic E-state index is -2.20. The summed E-state index contributed by atoms with van der Waals surface area (Å²) in [4.78, 5) is 131. The van der Waals surface area contributed by atoms with Gasteiger partial charge in [-0.15, -0.1) is 22.7 Å². The highest BCUT2D eigenvalue weighted by Crippen LogP contribution is 2.35. The maximum atomic E-state index is 15.2. The van der Waals surface area contributed by atoms with E-state index in [9.17, 15) is 74.4 Å². The number of nitrogens with two attached hydrogens (primary N) is 5. The van der Waals surface area contributed by atoms with Crippen molar-refractivity contribution in [3.63, 3.8) is 0 Å². The molecule has 19 atom stereocenters. The zero-order valence-corrected chi connectivity index (χ0v) is 58.3. The van der Waals surface area contributed by atoms with E-state index in [1.54, 1.807) is 10.8 Å². The van der Waals surface area contributed by atoms with Crippen molar-refractivity contribution >= 4 is 75.9 Å². The molecule has 0 spiro atoms. The van der Waals surface area contributed by atoms with Crippen LogP contribution < -0.4 is 71.2 Å². The molecule has 2 fully saturated rings. The third-order valence-corrected chi connectivity index (χ3v) is 18.3. The molecule has 27 N–H and O–H groups in total. The van der Waals surface area contributed by atoms with Crippen molar-refractivity contribution in [1.29, 1.82) is 0 Å². The lowest BCUT2D eigenvalue weighted by Gasteiger charge is -2.47. The molecule has 102 heavy (non-hydrogen) atoms. The van der Waals surface area contributed by atoms with Crippen LogP contribution in [0, 0.1) is 12.8 Å². The highest BCUT2D eigenvalue weighted by molar-refractivity contribution is 7.14. The monoisotopic (exact) mass is 1480 g/mol. The zero-order valence-electron chi connectivity index (χ0n) is 56.7. The predicted molar refractivity (Wildman–Crippen MR) is 360 cm³/mol. The minimum absolute atomic E-state index is 0.0112. The number of aromatic nitrogens is 6. The molecule has 0 radical (unpaired) electrons. The van der Waals surface area contributed by atoms with Crippen molar-refractivity contribution in [3.05, 3.63) is 56.8 Å². The maximum absolute atomic E-state index is 15.2. The van der Waals surface area contributed by atoms with Gasteiger partial charge in [-0.1, -0.05) is 20.3 Å². The molecule has 2 saturated heterocycles. The summed E-state index contributed by atoms with van der Waals surface area (Å²) < 4.78 is 28.8. The Morgan fingerprint density at radius 2 is 1.39 bits per heavy atom. The molecule has 4 aromatic rings. The van der Waals surface area contributed by atoms with E-state index in [1.807, 2.05) is 0 Å². The molecule has 19 unspecified atom stereocenters. The fraction of sp³-hybridized carbons (Fsp3) is 0.650. The van der Waals surface area contributed by atoms with Crippen LogP contribution in [0.25, 0.3) is 10.7 Å². The molecule has 42 heteroatoms.